The Hall–Kier alpha value is -0.750. The smallest absolute Gasteiger partial charge is 0.239 e. The second-order valence-corrected chi connectivity index (χ2v) is 7.52. The van der Waals surface area contributed by atoms with Crippen LogP contribution in [0.4, 0.5) is 0 Å². The standard InChI is InChI=1S/C14H25N3O2S/c1-14(2,3)17-6-4-11(5-7-17)15-12(18)8-16-10-20-9-13(16)19/h11H,4-10H2,1-3H3,(H,15,18). The summed E-state index contributed by atoms with van der Waals surface area (Å²) in [7, 11) is 0. The van der Waals surface area contributed by atoms with Crippen LogP contribution < -0.4 is 5.32 Å². The number of nitrogens with one attached hydrogen (secondary N) is 1. The van der Waals surface area contributed by atoms with Crippen molar-refractivity contribution >= 4 is 23.6 Å². The van der Waals surface area contributed by atoms with Gasteiger partial charge in [-0.1, -0.05) is 0 Å². The van der Waals surface area contributed by atoms with E-state index >= 15 is 0 Å². The molecule has 0 spiro atoms. The fraction of sp³-hybridized carbons (Fsp3) is 0.857. The van der Waals surface area contributed by atoms with Crippen molar-refractivity contribution in [3.63, 3.8) is 0 Å². The average molecular weight is 299 g/mol. The Morgan fingerprint density at radius 2 is 2.00 bits per heavy atom. The molecule has 0 aliphatic carbocycles. The number of carbonyl (C=O) groups is 2. The zero-order valence-corrected chi connectivity index (χ0v) is 13.5. The first kappa shape index (κ1) is 15.6. The van der Waals surface area contributed by atoms with Crippen LogP contribution >= 0.6 is 11.8 Å². The van der Waals surface area contributed by atoms with E-state index in [-0.39, 0.29) is 29.9 Å². The minimum absolute atomic E-state index is 0.0185. The van der Waals surface area contributed by atoms with Crippen LogP contribution in [0.3, 0.4) is 0 Å². The maximum atomic E-state index is 12.0. The zero-order chi connectivity index (χ0) is 14.8. The third-order valence-electron chi connectivity index (χ3n) is 3.97. The largest absolute Gasteiger partial charge is 0.352 e. The third kappa shape index (κ3) is 4.12. The van der Waals surface area contributed by atoms with Gasteiger partial charge in [0.15, 0.2) is 0 Å². The topological polar surface area (TPSA) is 52.7 Å². The molecule has 1 N–H and O–H groups in total. The number of nitrogens with zero attached hydrogens (tertiary/aromatic N) is 2. The van der Waals surface area contributed by atoms with Crippen LogP contribution in [0.5, 0.6) is 0 Å². The molecular formula is C14H25N3O2S. The molecule has 2 saturated heterocycles. The molecule has 2 aliphatic heterocycles. The monoisotopic (exact) mass is 299 g/mol. The quantitative estimate of drug-likeness (QED) is 0.841. The van der Waals surface area contributed by atoms with E-state index in [4.69, 9.17) is 0 Å². The van der Waals surface area contributed by atoms with Crippen molar-refractivity contribution in [3.05, 3.63) is 0 Å². The van der Waals surface area contributed by atoms with Gasteiger partial charge in [-0.05, 0) is 33.6 Å². The Balaban J connectivity index is 1.72. The van der Waals surface area contributed by atoms with E-state index in [0.717, 1.165) is 25.9 Å². The molecule has 0 bridgehead atoms. The van der Waals surface area contributed by atoms with Gasteiger partial charge in [0.2, 0.25) is 11.8 Å². The van der Waals surface area contributed by atoms with Crippen molar-refractivity contribution in [1.29, 1.82) is 0 Å². The molecule has 0 unspecified atom stereocenters. The Bertz CT molecular complexity index is 373. The van der Waals surface area contributed by atoms with Gasteiger partial charge >= 0.3 is 0 Å². The Morgan fingerprint density at radius 3 is 2.50 bits per heavy atom. The van der Waals surface area contributed by atoms with Gasteiger partial charge in [0.1, 0.15) is 6.54 Å². The molecule has 2 rings (SSSR count). The van der Waals surface area contributed by atoms with Gasteiger partial charge in [-0.15, -0.1) is 11.8 Å². The highest BCUT2D eigenvalue weighted by Crippen LogP contribution is 2.20. The number of rotatable bonds is 3. The van der Waals surface area contributed by atoms with Crippen LogP contribution in [-0.4, -0.2) is 64.5 Å². The van der Waals surface area contributed by atoms with Gasteiger partial charge in [-0.25, -0.2) is 0 Å². The summed E-state index contributed by atoms with van der Waals surface area (Å²) in [6.45, 7) is 8.93. The van der Waals surface area contributed by atoms with E-state index in [9.17, 15) is 9.59 Å². The van der Waals surface area contributed by atoms with Gasteiger partial charge in [-0.3, -0.25) is 14.5 Å². The van der Waals surface area contributed by atoms with Crippen LogP contribution in [0.25, 0.3) is 0 Å². The van der Waals surface area contributed by atoms with E-state index in [1.54, 1.807) is 16.7 Å². The molecule has 2 aliphatic rings. The zero-order valence-electron chi connectivity index (χ0n) is 12.6. The van der Waals surface area contributed by atoms with Gasteiger partial charge in [-0.2, -0.15) is 0 Å². The SMILES string of the molecule is CC(C)(C)N1CCC(NC(=O)CN2CSCC2=O)CC1. The number of carbonyl (C=O) groups excluding carboxylic acids is 2. The summed E-state index contributed by atoms with van der Waals surface area (Å²) < 4.78 is 0. The summed E-state index contributed by atoms with van der Waals surface area (Å²) in [4.78, 5) is 27.5. The number of likely N-dealkylation sites (tertiary alicyclic amines) is 1. The number of thioether (sulfide) groups is 1. The van der Waals surface area contributed by atoms with Gasteiger partial charge in [0, 0.05) is 24.7 Å². The molecule has 6 heteroatoms. The minimum Gasteiger partial charge on any atom is -0.352 e. The van der Waals surface area contributed by atoms with Crippen LogP contribution in [0, 0.1) is 0 Å². The molecule has 114 valence electrons. The van der Waals surface area contributed by atoms with Gasteiger partial charge in [0.25, 0.3) is 0 Å². The molecule has 0 atom stereocenters. The summed E-state index contributed by atoms with van der Waals surface area (Å²) in [5, 5.41) is 3.07. The molecule has 2 heterocycles. The second kappa shape index (κ2) is 6.35. The summed E-state index contributed by atoms with van der Waals surface area (Å²) in [5.74, 6) is 1.22. The first-order chi connectivity index (χ1) is 9.36. The number of hydrogen-bond donors (Lipinski definition) is 1. The molecule has 5 nitrogen and oxygen atoms in total. The van der Waals surface area contributed by atoms with Gasteiger partial charge in [0.05, 0.1) is 11.6 Å². The van der Waals surface area contributed by atoms with Crippen molar-refractivity contribution < 1.29 is 9.59 Å². The highest BCUT2D eigenvalue weighted by Gasteiger charge is 2.28. The van der Waals surface area contributed by atoms with E-state index in [1.807, 2.05) is 0 Å². The van der Waals surface area contributed by atoms with Crippen LogP contribution in [0.1, 0.15) is 33.6 Å². The number of hydrogen-bond acceptors (Lipinski definition) is 4. The van der Waals surface area contributed by atoms with Gasteiger partial charge < -0.3 is 10.2 Å². The molecule has 0 aromatic carbocycles. The maximum Gasteiger partial charge on any atom is 0.239 e. The Morgan fingerprint density at radius 1 is 1.35 bits per heavy atom. The fourth-order valence-corrected chi connectivity index (χ4v) is 3.59. The molecule has 20 heavy (non-hydrogen) atoms. The van der Waals surface area contributed by atoms with Crippen molar-refractivity contribution in [2.75, 3.05) is 31.3 Å². The number of piperidine rings is 1. The van der Waals surface area contributed by atoms with Crippen LogP contribution in [0.2, 0.25) is 0 Å². The lowest BCUT2D eigenvalue weighted by Crippen LogP contribution is -2.52. The van der Waals surface area contributed by atoms with Crippen molar-refractivity contribution in [2.45, 2.75) is 45.2 Å². The third-order valence-corrected chi connectivity index (χ3v) is 4.91. The summed E-state index contributed by atoms with van der Waals surface area (Å²) in [6, 6.07) is 0.256. The fourth-order valence-electron chi connectivity index (χ4n) is 2.68. The molecule has 2 amide bonds. The normalized spacial score (nSPS) is 22.4. The highest BCUT2D eigenvalue weighted by atomic mass is 32.2. The Kier molecular flexibility index (Phi) is 4.96. The lowest BCUT2D eigenvalue weighted by atomic mass is 9.98. The maximum absolute atomic E-state index is 12.0. The summed E-state index contributed by atoms with van der Waals surface area (Å²) in [6.07, 6.45) is 1.98. The lowest BCUT2D eigenvalue weighted by Gasteiger charge is -2.41. The van der Waals surface area contributed by atoms with Crippen LogP contribution in [-0.2, 0) is 9.59 Å². The van der Waals surface area contributed by atoms with E-state index < -0.39 is 0 Å². The number of amides is 2. The highest BCUT2D eigenvalue weighted by molar-refractivity contribution is 8.00. The first-order valence-electron chi connectivity index (χ1n) is 7.26. The molecule has 2 fully saturated rings. The predicted molar refractivity (Wildman–Crippen MR) is 81.5 cm³/mol. The second-order valence-electron chi connectivity index (χ2n) is 6.57. The Labute approximate surface area is 125 Å². The summed E-state index contributed by atoms with van der Waals surface area (Å²) in [5.41, 5.74) is 0.203. The molecule has 0 aromatic rings. The lowest BCUT2D eigenvalue weighted by molar-refractivity contribution is -0.132. The van der Waals surface area contributed by atoms with Crippen LogP contribution in [0.15, 0.2) is 0 Å². The first-order valence-corrected chi connectivity index (χ1v) is 8.41. The average Bonchev–Trinajstić information content (AvgIpc) is 2.74. The predicted octanol–water partition coefficient (Wildman–Crippen LogP) is 0.898. The van der Waals surface area contributed by atoms with E-state index in [2.05, 4.69) is 31.0 Å². The molecule has 0 aromatic heterocycles. The molecular weight excluding hydrogens is 274 g/mol. The van der Waals surface area contributed by atoms with Crippen molar-refractivity contribution in [3.8, 4) is 0 Å². The van der Waals surface area contributed by atoms with Crippen molar-refractivity contribution in [2.24, 2.45) is 0 Å². The summed E-state index contributed by atoms with van der Waals surface area (Å²) >= 11 is 1.57. The molecule has 0 saturated carbocycles. The van der Waals surface area contributed by atoms with E-state index in [1.165, 1.54) is 0 Å². The molecule has 0 radical (unpaired) electrons. The van der Waals surface area contributed by atoms with Crippen molar-refractivity contribution in [1.82, 2.24) is 15.1 Å². The van der Waals surface area contributed by atoms with E-state index in [0.29, 0.717) is 11.6 Å². The minimum atomic E-state index is -0.0185.